The predicted molar refractivity (Wildman–Crippen MR) is 89.6 cm³/mol. The predicted octanol–water partition coefficient (Wildman–Crippen LogP) is 4.49. The molecule has 0 fully saturated rings. The van der Waals surface area contributed by atoms with Gasteiger partial charge < -0.3 is 10.1 Å². The van der Waals surface area contributed by atoms with Crippen molar-refractivity contribution in [2.75, 3.05) is 11.9 Å². The Kier molecular flexibility index (Phi) is 4.74. The van der Waals surface area contributed by atoms with Gasteiger partial charge in [0.05, 0.1) is 0 Å². The SMILES string of the molecule is Cc1cnc(OCC(F)(F)F)c2cccc(NCc3ccncc3)c12. The zero-order valence-electron chi connectivity index (χ0n) is 13.5. The van der Waals surface area contributed by atoms with Crippen molar-refractivity contribution in [2.24, 2.45) is 0 Å². The van der Waals surface area contributed by atoms with Gasteiger partial charge in [-0.3, -0.25) is 4.98 Å². The van der Waals surface area contributed by atoms with Gasteiger partial charge in [0, 0.05) is 41.6 Å². The van der Waals surface area contributed by atoms with Crippen molar-refractivity contribution in [3.63, 3.8) is 0 Å². The number of alkyl halides is 3. The molecule has 0 bridgehead atoms. The van der Waals surface area contributed by atoms with E-state index in [0.29, 0.717) is 11.9 Å². The first-order valence-corrected chi connectivity index (χ1v) is 7.65. The third kappa shape index (κ3) is 4.17. The summed E-state index contributed by atoms with van der Waals surface area (Å²) in [4.78, 5) is 7.98. The van der Waals surface area contributed by atoms with Crippen molar-refractivity contribution < 1.29 is 17.9 Å². The lowest BCUT2D eigenvalue weighted by Gasteiger charge is -2.15. The molecule has 1 aromatic carbocycles. The lowest BCUT2D eigenvalue weighted by atomic mass is 10.1. The summed E-state index contributed by atoms with van der Waals surface area (Å²) in [5, 5.41) is 4.65. The molecule has 3 rings (SSSR count). The standard InChI is InChI=1S/C18H16F3N3O/c1-12-9-24-17(25-11-18(19,20)21)14-3-2-4-15(16(12)14)23-10-13-5-7-22-8-6-13/h2-9,23H,10-11H2,1H3. The molecule has 2 aromatic heterocycles. The second-order valence-electron chi connectivity index (χ2n) is 5.59. The fourth-order valence-electron chi connectivity index (χ4n) is 2.56. The molecule has 0 saturated carbocycles. The summed E-state index contributed by atoms with van der Waals surface area (Å²) in [7, 11) is 0. The lowest BCUT2D eigenvalue weighted by Crippen LogP contribution is -2.19. The van der Waals surface area contributed by atoms with Crippen molar-refractivity contribution in [2.45, 2.75) is 19.6 Å². The average Bonchev–Trinajstić information content (AvgIpc) is 2.59. The van der Waals surface area contributed by atoms with Gasteiger partial charge in [0.2, 0.25) is 5.88 Å². The van der Waals surface area contributed by atoms with Crippen LogP contribution in [0.15, 0.2) is 48.9 Å². The third-order valence-electron chi connectivity index (χ3n) is 3.67. The third-order valence-corrected chi connectivity index (χ3v) is 3.67. The summed E-state index contributed by atoms with van der Waals surface area (Å²) in [6.45, 7) is 1.06. The summed E-state index contributed by atoms with van der Waals surface area (Å²) in [5.41, 5.74) is 2.71. The van der Waals surface area contributed by atoms with Crippen LogP contribution >= 0.6 is 0 Å². The topological polar surface area (TPSA) is 47.0 Å². The maximum absolute atomic E-state index is 12.4. The van der Waals surface area contributed by atoms with E-state index in [9.17, 15) is 13.2 Å². The van der Waals surface area contributed by atoms with Crippen molar-refractivity contribution in [3.8, 4) is 5.88 Å². The van der Waals surface area contributed by atoms with Crippen LogP contribution < -0.4 is 10.1 Å². The molecular weight excluding hydrogens is 331 g/mol. The molecule has 7 heteroatoms. The van der Waals surface area contributed by atoms with Crippen LogP contribution in [0.4, 0.5) is 18.9 Å². The van der Waals surface area contributed by atoms with Crippen LogP contribution in [0.2, 0.25) is 0 Å². The Balaban J connectivity index is 1.91. The molecule has 2 heterocycles. The van der Waals surface area contributed by atoms with E-state index in [1.165, 1.54) is 6.20 Å². The first-order valence-electron chi connectivity index (χ1n) is 7.65. The summed E-state index contributed by atoms with van der Waals surface area (Å²) in [5.74, 6) is -0.0227. The maximum atomic E-state index is 12.4. The van der Waals surface area contributed by atoms with Crippen molar-refractivity contribution in [1.82, 2.24) is 9.97 Å². The van der Waals surface area contributed by atoms with E-state index in [0.717, 1.165) is 22.2 Å². The Morgan fingerprint density at radius 3 is 2.60 bits per heavy atom. The number of nitrogens with zero attached hydrogens (tertiary/aromatic N) is 2. The molecule has 0 saturated heterocycles. The number of ether oxygens (including phenoxy) is 1. The van der Waals surface area contributed by atoms with Crippen LogP contribution in [-0.2, 0) is 6.54 Å². The summed E-state index contributed by atoms with van der Waals surface area (Å²) in [6.07, 6.45) is 0.526. The number of pyridine rings is 2. The van der Waals surface area contributed by atoms with E-state index in [1.54, 1.807) is 24.5 Å². The molecule has 0 aliphatic rings. The molecule has 1 N–H and O–H groups in total. The highest BCUT2D eigenvalue weighted by Gasteiger charge is 2.29. The van der Waals surface area contributed by atoms with Gasteiger partial charge in [-0.15, -0.1) is 0 Å². The number of aromatic nitrogens is 2. The van der Waals surface area contributed by atoms with Gasteiger partial charge in [-0.2, -0.15) is 13.2 Å². The van der Waals surface area contributed by atoms with Crippen LogP contribution in [-0.4, -0.2) is 22.8 Å². The number of hydrogen-bond acceptors (Lipinski definition) is 4. The molecule has 3 aromatic rings. The van der Waals surface area contributed by atoms with Gasteiger partial charge in [-0.25, -0.2) is 4.98 Å². The Bertz CT molecular complexity index is 867. The van der Waals surface area contributed by atoms with Gasteiger partial charge >= 0.3 is 6.18 Å². The average molecular weight is 347 g/mol. The quantitative estimate of drug-likeness (QED) is 0.739. The smallest absolute Gasteiger partial charge is 0.422 e. The van der Waals surface area contributed by atoms with Crippen LogP contribution in [0.3, 0.4) is 0 Å². The molecule has 0 unspecified atom stereocenters. The summed E-state index contributed by atoms with van der Waals surface area (Å²) in [6, 6.07) is 9.14. The minimum atomic E-state index is -4.41. The van der Waals surface area contributed by atoms with E-state index < -0.39 is 12.8 Å². The zero-order chi connectivity index (χ0) is 17.9. The molecular formula is C18H16F3N3O. The fraction of sp³-hybridized carbons (Fsp3) is 0.222. The number of benzene rings is 1. The lowest BCUT2D eigenvalue weighted by molar-refractivity contribution is -0.153. The second-order valence-corrected chi connectivity index (χ2v) is 5.59. The van der Waals surface area contributed by atoms with E-state index in [-0.39, 0.29) is 5.88 Å². The normalized spacial score (nSPS) is 11.5. The molecule has 0 atom stereocenters. The van der Waals surface area contributed by atoms with Gasteiger partial charge in [-0.05, 0) is 42.3 Å². The van der Waals surface area contributed by atoms with E-state index in [1.807, 2.05) is 25.1 Å². The Morgan fingerprint density at radius 1 is 1.12 bits per heavy atom. The summed E-state index contributed by atoms with van der Waals surface area (Å²) < 4.78 is 42.2. The van der Waals surface area contributed by atoms with Gasteiger partial charge in [0.15, 0.2) is 6.61 Å². The van der Waals surface area contributed by atoms with E-state index in [2.05, 4.69) is 15.3 Å². The number of halogens is 3. The first kappa shape index (κ1) is 17.0. The largest absolute Gasteiger partial charge is 0.468 e. The number of rotatable bonds is 5. The van der Waals surface area contributed by atoms with E-state index >= 15 is 0 Å². The Hall–Kier alpha value is -2.83. The molecule has 130 valence electrons. The highest BCUT2D eigenvalue weighted by Crippen LogP contribution is 2.32. The van der Waals surface area contributed by atoms with Crippen molar-refractivity contribution in [3.05, 3.63) is 60.0 Å². The molecule has 0 aliphatic heterocycles. The van der Waals surface area contributed by atoms with Gasteiger partial charge in [0.25, 0.3) is 0 Å². The first-order chi connectivity index (χ1) is 11.9. The Morgan fingerprint density at radius 2 is 1.88 bits per heavy atom. The van der Waals surface area contributed by atoms with Crippen molar-refractivity contribution >= 4 is 16.5 Å². The number of aryl methyl sites for hydroxylation is 1. The summed E-state index contributed by atoms with van der Waals surface area (Å²) >= 11 is 0. The number of nitrogens with one attached hydrogen (secondary N) is 1. The zero-order valence-corrected chi connectivity index (χ0v) is 13.5. The molecule has 25 heavy (non-hydrogen) atoms. The Labute approximate surface area is 142 Å². The number of hydrogen-bond donors (Lipinski definition) is 1. The van der Waals surface area contributed by atoms with Gasteiger partial charge in [-0.1, -0.05) is 6.07 Å². The number of fused-ring (bicyclic) bond motifs is 1. The highest BCUT2D eigenvalue weighted by molar-refractivity contribution is 5.98. The van der Waals surface area contributed by atoms with Crippen LogP contribution in [0.25, 0.3) is 10.8 Å². The minimum Gasteiger partial charge on any atom is -0.468 e. The molecule has 0 radical (unpaired) electrons. The maximum Gasteiger partial charge on any atom is 0.422 e. The number of anilines is 1. The van der Waals surface area contributed by atoms with E-state index in [4.69, 9.17) is 4.74 Å². The molecule has 0 spiro atoms. The van der Waals surface area contributed by atoms with Gasteiger partial charge in [0.1, 0.15) is 0 Å². The fourth-order valence-corrected chi connectivity index (χ4v) is 2.56. The second kappa shape index (κ2) is 6.96. The van der Waals surface area contributed by atoms with Crippen LogP contribution in [0.1, 0.15) is 11.1 Å². The van der Waals surface area contributed by atoms with Crippen molar-refractivity contribution in [1.29, 1.82) is 0 Å². The monoisotopic (exact) mass is 347 g/mol. The van der Waals surface area contributed by atoms with Crippen LogP contribution in [0, 0.1) is 6.92 Å². The molecule has 4 nitrogen and oxygen atoms in total. The highest BCUT2D eigenvalue weighted by atomic mass is 19.4. The van der Waals surface area contributed by atoms with Crippen LogP contribution in [0.5, 0.6) is 5.88 Å². The minimum absolute atomic E-state index is 0.0227. The molecule has 0 amide bonds. The molecule has 0 aliphatic carbocycles.